The third-order valence-corrected chi connectivity index (χ3v) is 3.68. The highest BCUT2D eigenvalue weighted by Gasteiger charge is 2.33. The summed E-state index contributed by atoms with van der Waals surface area (Å²) in [6.45, 7) is 0. The molecule has 1 aliphatic heterocycles. The van der Waals surface area contributed by atoms with Gasteiger partial charge in [-0.05, 0) is 29.8 Å². The lowest BCUT2D eigenvalue weighted by atomic mass is 10.0. The highest BCUT2D eigenvalue weighted by atomic mass is 16.4. The number of aliphatic carboxylic acids is 1. The lowest BCUT2D eigenvalue weighted by Gasteiger charge is -2.19. The first kappa shape index (κ1) is 14.8. The maximum atomic E-state index is 11.5. The second kappa shape index (κ2) is 5.92. The molecule has 0 radical (unpaired) electrons. The van der Waals surface area contributed by atoms with Gasteiger partial charge in [0.2, 0.25) is 0 Å². The van der Waals surface area contributed by atoms with Crippen molar-refractivity contribution < 1.29 is 19.8 Å². The Bertz CT molecular complexity index is 769. The van der Waals surface area contributed by atoms with Crippen molar-refractivity contribution in [2.75, 3.05) is 5.01 Å². The molecular formula is C17H14N2O4. The van der Waals surface area contributed by atoms with Crippen LogP contribution in [0.4, 0.5) is 5.69 Å². The fourth-order valence-electron chi connectivity index (χ4n) is 2.50. The van der Waals surface area contributed by atoms with Crippen molar-refractivity contribution in [3.05, 3.63) is 65.7 Å². The molecule has 2 aromatic rings. The molecule has 2 N–H and O–H groups in total. The Labute approximate surface area is 132 Å². The molecule has 116 valence electrons. The zero-order valence-corrected chi connectivity index (χ0v) is 12.1. The summed E-state index contributed by atoms with van der Waals surface area (Å²) in [5, 5.41) is 24.3. The summed E-state index contributed by atoms with van der Waals surface area (Å²) in [6, 6.07) is 14.6. The van der Waals surface area contributed by atoms with Crippen LogP contribution in [-0.2, 0) is 4.79 Å². The van der Waals surface area contributed by atoms with Gasteiger partial charge in [-0.1, -0.05) is 30.3 Å². The number of benzene rings is 2. The van der Waals surface area contributed by atoms with Gasteiger partial charge in [0.25, 0.3) is 0 Å². The summed E-state index contributed by atoms with van der Waals surface area (Å²) >= 11 is 0. The van der Waals surface area contributed by atoms with Crippen molar-refractivity contribution in [1.29, 1.82) is 0 Å². The Hall–Kier alpha value is -3.15. The average Bonchev–Trinajstić information content (AvgIpc) is 3.01. The third kappa shape index (κ3) is 2.91. The van der Waals surface area contributed by atoms with Crippen molar-refractivity contribution in [3.63, 3.8) is 0 Å². The summed E-state index contributed by atoms with van der Waals surface area (Å²) in [7, 11) is 0. The number of aromatic carboxylic acids is 1. The molecule has 0 amide bonds. The van der Waals surface area contributed by atoms with E-state index in [1.807, 2.05) is 18.2 Å². The molecule has 1 atom stereocenters. The number of hydrazone groups is 1. The number of nitrogens with zero attached hydrogens (tertiary/aromatic N) is 2. The molecule has 0 aromatic heterocycles. The van der Waals surface area contributed by atoms with Crippen LogP contribution in [-0.4, -0.2) is 33.9 Å². The van der Waals surface area contributed by atoms with E-state index < -0.39 is 18.0 Å². The van der Waals surface area contributed by atoms with Gasteiger partial charge in [-0.2, -0.15) is 5.10 Å². The number of carboxylic acids is 2. The lowest BCUT2D eigenvalue weighted by molar-refractivity contribution is -0.138. The normalized spacial score (nSPS) is 17.0. The van der Waals surface area contributed by atoms with Gasteiger partial charge in [-0.3, -0.25) is 5.01 Å². The smallest absolute Gasteiger partial charge is 0.335 e. The Morgan fingerprint density at radius 2 is 1.65 bits per heavy atom. The first-order valence-electron chi connectivity index (χ1n) is 7.04. The molecule has 1 heterocycles. The summed E-state index contributed by atoms with van der Waals surface area (Å²) in [5.74, 6) is -1.95. The van der Waals surface area contributed by atoms with Crippen LogP contribution in [0.1, 0.15) is 22.3 Å². The van der Waals surface area contributed by atoms with E-state index in [4.69, 9.17) is 5.11 Å². The fourth-order valence-corrected chi connectivity index (χ4v) is 2.50. The number of carboxylic acid groups (broad SMARTS) is 2. The second-order valence-corrected chi connectivity index (χ2v) is 5.17. The quantitative estimate of drug-likeness (QED) is 0.905. The van der Waals surface area contributed by atoms with Crippen LogP contribution in [0, 0.1) is 0 Å². The van der Waals surface area contributed by atoms with Crippen LogP contribution in [0.2, 0.25) is 0 Å². The molecule has 0 fully saturated rings. The Kier molecular flexibility index (Phi) is 3.80. The van der Waals surface area contributed by atoms with Crippen LogP contribution >= 0.6 is 0 Å². The van der Waals surface area contributed by atoms with E-state index in [1.165, 1.54) is 17.1 Å². The highest BCUT2D eigenvalue weighted by Crippen LogP contribution is 2.26. The monoisotopic (exact) mass is 310 g/mol. The van der Waals surface area contributed by atoms with Gasteiger partial charge >= 0.3 is 11.9 Å². The van der Waals surface area contributed by atoms with Crippen molar-refractivity contribution in [2.45, 2.75) is 12.5 Å². The average molecular weight is 310 g/mol. The SMILES string of the molecule is O=C(O)c1ccc(C2=NN(c3ccccc3)C(C(=O)O)C2)cc1. The van der Waals surface area contributed by atoms with Gasteiger partial charge in [0.15, 0.2) is 6.04 Å². The molecule has 6 nitrogen and oxygen atoms in total. The number of hydrogen-bond donors (Lipinski definition) is 2. The van der Waals surface area contributed by atoms with E-state index in [1.54, 1.807) is 24.3 Å². The van der Waals surface area contributed by atoms with Gasteiger partial charge in [0.05, 0.1) is 17.0 Å². The molecule has 0 aliphatic carbocycles. The molecule has 3 rings (SSSR count). The van der Waals surface area contributed by atoms with Gasteiger partial charge in [0, 0.05) is 6.42 Å². The van der Waals surface area contributed by atoms with E-state index in [2.05, 4.69) is 5.10 Å². The van der Waals surface area contributed by atoms with Gasteiger partial charge in [-0.15, -0.1) is 0 Å². The van der Waals surface area contributed by atoms with E-state index in [0.29, 0.717) is 11.4 Å². The summed E-state index contributed by atoms with van der Waals surface area (Å²) < 4.78 is 0. The number of anilines is 1. The van der Waals surface area contributed by atoms with Crippen LogP contribution < -0.4 is 5.01 Å². The Balaban J connectivity index is 1.94. The molecule has 0 saturated carbocycles. The van der Waals surface area contributed by atoms with Crippen LogP contribution in [0.25, 0.3) is 0 Å². The minimum absolute atomic E-state index is 0.182. The number of rotatable bonds is 4. The number of para-hydroxylation sites is 1. The number of hydrogen-bond acceptors (Lipinski definition) is 4. The molecular weight excluding hydrogens is 296 g/mol. The van der Waals surface area contributed by atoms with Crippen molar-refractivity contribution in [2.24, 2.45) is 5.10 Å². The van der Waals surface area contributed by atoms with E-state index in [9.17, 15) is 14.7 Å². The van der Waals surface area contributed by atoms with Gasteiger partial charge in [0.1, 0.15) is 0 Å². The minimum Gasteiger partial charge on any atom is -0.480 e. The van der Waals surface area contributed by atoms with Crippen molar-refractivity contribution in [1.82, 2.24) is 0 Å². The fraction of sp³-hybridized carbons (Fsp3) is 0.118. The third-order valence-electron chi connectivity index (χ3n) is 3.68. The lowest BCUT2D eigenvalue weighted by Crippen LogP contribution is -2.34. The first-order chi connectivity index (χ1) is 11.1. The molecule has 1 aliphatic rings. The van der Waals surface area contributed by atoms with Crippen molar-refractivity contribution >= 4 is 23.3 Å². The maximum absolute atomic E-state index is 11.5. The van der Waals surface area contributed by atoms with E-state index in [-0.39, 0.29) is 12.0 Å². The molecule has 2 aromatic carbocycles. The molecule has 1 unspecified atom stereocenters. The molecule has 0 saturated heterocycles. The Morgan fingerprint density at radius 3 is 2.22 bits per heavy atom. The highest BCUT2D eigenvalue weighted by molar-refractivity contribution is 6.06. The summed E-state index contributed by atoms with van der Waals surface area (Å²) in [5.41, 5.74) is 2.23. The second-order valence-electron chi connectivity index (χ2n) is 5.17. The zero-order valence-electron chi connectivity index (χ0n) is 12.1. The topological polar surface area (TPSA) is 90.2 Å². The summed E-state index contributed by atoms with van der Waals surface area (Å²) in [4.78, 5) is 22.4. The van der Waals surface area contributed by atoms with Gasteiger partial charge < -0.3 is 10.2 Å². The maximum Gasteiger partial charge on any atom is 0.335 e. The van der Waals surface area contributed by atoms with Crippen LogP contribution in [0.5, 0.6) is 0 Å². The molecule has 0 spiro atoms. The van der Waals surface area contributed by atoms with Crippen LogP contribution in [0.15, 0.2) is 59.7 Å². The minimum atomic E-state index is -1.00. The van der Waals surface area contributed by atoms with E-state index in [0.717, 1.165) is 5.56 Å². The predicted molar refractivity (Wildman–Crippen MR) is 84.9 cm³/mol. The zero-order chi connectivity index (χ0) is 16.4. The largest absolute Gasteiger partial charge is 0.480 e. The molecule has 0 bridgehead atoms. The molecule has 23 heavy (non-hydrogen) atoms. The van der Waals surface area contributed by atoms with Gasteiger partial charge in [-0.25, -0.2) is 9.59 Å². The van der Waals surface area contributed by atoms with Crippen LogP contribution in [0.3, 0.4) is 0 Å². The van der Waals surface area contributed by atoms with E-state index >= 15 is 0 Å². The predicted octanol–water partition coefficient (Wildman–Crippen LogP) is 2.45. The number of carbonyl (C=O) groups is 2. The summed E-state index contributed by atoms with van der Waals surface area (Å²) in [6.07, 6.45) is 0.261. The Morgan fingerprint density at radius 1 is 1.00 bits per heavy atom. The first-order valence-corrected chi connectivity index (χ1v) is 7.04. The van der Waals surface area contributed by atoms with Crippen molar-refractivity contribution in [3.8, 4) is 0 Å². The standard InChI is InChI=1S/C17H14N2O4/c20-16(21)12-8-6-11(7-9-12)14-10-15(17(22)23)19(18-14)13-4-2-1-3-5-13/h1-9,15H,10H2,(H,20,21)(H,22,23). The molecule has 6 heteroatoms.